The van der Waals surface area contributed by atoms with Crippen molar-refractivity contribution in [3.63, 3.8) is 0 Å². The van der Waals surface area contributed by atoms with Gasteiger partial charge in [-0.2, -0.15) is 0 Å². The zero-order valence-corrected chi connectivity index (χ0v) is 12.3. The fourth-order valence-electron chi connectivity index (χ4n) is 1.92. The van der Waals surface area contributed by atoms with Crippen LogP contribution < -0.4 is 11.1 Å². The molecule has 0 aliphatic carbocycles. The van der Waals surface area contributed by atoms with Gasteiger partial charge in [-0.1, -0.05) is 26.8 Å². The van der Waals surface area contributed by atoms with E-state index in [1.807, 2.05) is 55.8 Å². The summed E-state index contributed by atoms with van der Waals surface area (Å²) in [5.74, 6) is -0.110. The smallest absolute Gasteiger partial charge is 0.237 e. The minimum Gasteiger partial charge on any atom is -0.354 e. The lowest BCUT2D eigenvalue weighted by atomic mass is 9.87. The molecular formula is C15H22N4O. The number of nitrogens with one attached hydrogen (secondary N) is 1. The van der Waals surface area contributed by atoms with Gasteiger partial charge in [-0.15, -0.1) is 0 Å². The van der Waals surface area contributed by atoms with Crippen LogP contribution in [0.15, 0.2) is 30.6 Å². The van der Waals surface area contributed by atoms with Crippen LogP contribution in [0.5, 0.6) is 0 Å². The van der Waals surface area contributed by atoms with E-state index >= 15 is 0 Å². The van der Waals surface area contributed by atoms with Gasteiger partial charge in [0.05, 0.1) is 11.7 Å². The second-order valence-corrected chi connectivity index (χ2v) is 6.08. The van der Waals surface area contributed by atoms with E-state index < -0.39 is 6.04 Å². The Hall–Kier alpha value is -1.88. The van der Waals surface area contributed by atoms with Crippen LogP contribution >= 0.6 is 0 Å². The zero-order valence-electron chi connectivity index (χ0n) is 12.3. The molecule has 0 bridgehead atoms. The number of amides is 1. The van der Waals surface area contributed by atoms with Crippen LogP contribution in [0, 0.1) is 5.41 Å². The average molecular weight is 274 g/mol. The number of imidazole rings is 1. The van der Waals surface area contributed by atoms with E-state index in [1.54, 1.807) is 0 Å². The molecule has 0 saturated heterocycles. The molecule has 1 amide bonds. The summed E-state index contributed by atoms with van der Waals surface area (Å²) in [5, 5.41) is 2.87. The van der Waals surface area contributed by atoms with Gasteiger partial charge < -0.3 is 15.5 Å². The van der Waals surface area contributed by atoms with Crippen molar-refractivity contribution < 1.29 is 4.79 Å². The molecule has 2 heterocycles. The highest BCUT2D eigenvalue weighted by atomic mass is 16.2. The van der Waals surface area contributed by atoms with E-state index in [0.29, 0.717) is 13.0 Å². The lowest BCUT2D eigenvalue weighted by Crippen LogP contribution is -2.49. The molecule has 2 aromatic rings. The lowest BCUT2D eigenvalue weighted by molar-refractivity contribution is -0.124. The summed E-state index contributed by atoms with van der Waals surface area (Å²) in [6.07, 6.45) is 4.63. The Bertz CT molecular complexity index is 564. The summed E-state index contributed by atoms with van der Waals surface area (Å²) < 4.78 is 1.97. The van der Waals surface area contributed by atoms with Crippen molar-refractivity contribution in [3.05, 3.63) is 36.3 Å². The largest absolute Gasteiger partial charge is 0.354 e. The fraction of sp³-hybridized carbons (Fsp3) is 0.467. The van der Waals surface area contributed by atoms with Gasteiger partial charge in [0, 0.05) is 25.4 Å². The molecular weight excluding hydrogens is 252 g/mol. The molecule has 0 fully saturated rings. The first kappa shape index (κ1) is 14.5. The van der Waals surface area contributed by atoms with Gasteiger partial charge in [-0.05, 0) is 17.5 Å². The van der Waals surface area contributed by atoms with E-state index in [-0.39, 0.29) is 11.3 Å². The predicted octanol–water partition coefficient (Wildman–Crippen LogP) is 1.37. The molecule has 5 nitrogen and oxygen atoms in total. The van der Waals surface area contributed by atoms with E-state index in [2.05, 4.69) is 10.3 Å². The van der Waals surface area contributed by atoms with Crippen molar-refractivity contribution in [2.24, 2.45) is 11.1 Å². The molecule has 20 heavy (non-hydrogen) atoms. The molecule has 0 radical (unpaired) electrons. The van der Waals surface area contributed by atoms with E-state index in [4.69, 9.17) is 5.73 Å². The Balaban J connectivity index is 1.88. The third-order valence-corrected chi connectivity index (χ3v) is 3.31. The van der Waals surface area contributed by atoms with Crippen molar-refractivity contribution in [2.45, 2.75) is 33.2 Å². The number of nitrogens with two attached hydrogens (primary N) is 1. The Morgan fingerprint density at radius 2 is 2.20 bits per heavy atom. The van der Waals surface area contributed by atoms with Crippen LogP contribution in [0.4, 0.5) is 0 Å². The number of fused-ring (bicyclic) bond motifs is 1. The van der Waals surface area contributed by atoms with Crippen LogP contribution in [-0.4, -0.2) is 27.9 Å². The first-order valence-electron chi connectivity index (χ1n) is 6.84. The van der Waals surface area contributed by atoms with Gasteiger partial charge in [-0.25, -0.2) is 4.98 Å². The SMILES string of the molecule is CC(C)(C)[C@H](N)C(=O)NCCc1cn2ccccc2n1. The molecule has 108 valence electrons. The van der Waals surface area contributed by atoms with Crippen LogP contribution in [0.25, 0.3) is 5.65 Å². The zero-order chi connectivity index (χ0) is 14.8. The van der Waals surface area contributed by atoms with E-state index in [0.717, 1.165) is 11.3 Å². The molecule has 0 aromatic carbocycles. The Labute approximate surface area is 119 Å². The first-order valence-corrected chi connectivity index (χ1v) is 6.84. The number of nitrogens with zero attached hydrogens (tertiary/aromatic N) is 2. The topological polar surface area (TPSA) is 72.4 Å². The van der Waals surface area contributed by atoms with Crippen LogP contribution in [0.2, 0.25) is 0 Å². The normalized spacial score (nSPS) is 13.4. The van der Waals surface area contributed by atoms with Crippen molar-refractivity contribution >= 4 is 11.6 Å². The first-order chi connectivity index (χ1) is 9.38. The van der Waals surface area contributed by atoms with Crippen molar-refractivity contribution in [3.8, 4) is 0 Å². The van der Waals surface area contributed by atoms with Gasteiger partial charge in [0.2, 0.25) is 5.91 Å². The predicted molar refractivity (Wildman–Crippen MR) is 79.3 cm³/mol. The van der Waals surface area contributed by atoms with Crippen LogP contribution in [-0.2, 0) is 11.2 Å². The van der Waals surface area contributed by atoms with Gasteiger partial charge in [0.1, 0.15) is 5.65 Å². The molecule has 0 spiro atoms. The standard InChI is InChI=1S/C15H22N4O/c1-15(2,3)13(16)14(20)17-8-7-11-10-19-9-5-4-6-12(19)18-11/h4-6,9-10,13H,7-8,16H2,1-3H3,(H,17,20)/t13-/m1/s1. The summed E-state index contributed by atoms with van der Waals surface area (Å²) in [6, 6.07) is 5.37. The number of carbonyl (C=O) groups excluding carboxylic acids is 1. The highest BCUT2D eigenvalue weighted by Gasteiger charge is 2.26. The summed E-state index contributed by atoms with van der Waals surface area (Å²) in [4.78, 5) is 16.4. The highest BCUT2D eigenvalue weighted by Crippen LogP contribution is 2.17. The molecule has 3 N–H and O–H groups in total. The molecule has 5 heteroatoms. The highest BCUT2D eigenvalue weighted by molar-refractivity contribution is 5.82. The second-order valence-electron chi connectivity index (χ2n) is 6.08. The molecule has 0 unspecified atom stereocenters. The third-order valence-electron chi connectivity index (χ3n) is 3.31. The van der Waals surface area contributed by atoms with E-state index in [1.165, 1.54) is 0 Å². The molecule has 2 aromatic heterocycles. The van der Waals surface area contributed by atoms with Gasteiger partial charge in [-0.3, -0.25) is 4.79 Å². The van der Waals surface area contributed by atoms with Crippen molar-refractivity contribution in [1.82, 2.24) is 14.7 Å². The van der Waals surface area contributed by atoms with Crippen molar-refractivity contribution in [1.29, 1.82) is 0 Å². The summed E-state index contributed by atoms with van der Waals surface area (Å²) in [7, 11) is 0. The Morgan fingerprint density at radius 1 is 1.45 bits per heavy atom. The number of pyridine rings is 1. The van der Waals surface area contributed by atoms with Crippen LogP contribution in [0.3, 0.4) is 0 Å². The maximum Gasteiger partial charge on any atom is 0.237 e. The maximum atomic E-state index is 11.9. The average Bonchev–Trinajstić information content (AvgIpc) is 2.79. The van der Waals surface area contributed by atoms with Gasteiger partial charge in [0.25, 0.3) is 0 Å². The molecule has 0 saturated carbocycles. The number of aromatic nitrogens is 2. The minimum absolute atomic E-state index is 0.110. The van der Waals surface area contributed by atoms with Crippen LogP contribution in [0.1, 0.15) is 26.5 Å². The second kappa shape index (κ2) is 5.63. The summed E-state index contributed by atoms with van der Waals surface area (Å²) in [5.41, 5.74) is 7.55. The lowest BCUT2D eigenvalue weighted by Gasteiger charge is -2.25. The number of carbonyl (C=O) groups is 1. The van der Waals surface area contributed by atoms with Gasteiger partial charge in [0.15, 0.2) is 0 Å². The Morgan fingerprint density at radius 3 is 2.85 bits per heavy atom. The quantitative estimate of drug-likeness (QED) is 0.884. The number of rotatable bonds is 4. The van der Waals surface area contributed by atoms with Crippen molar-refractivity contribution in [2.75, 3.05) is 6.54 Å². The number of hydrogen-bond acceptors (Lipinski definition) is 3. The molecule has 0 aliphatic heterocycles. The Kier molecular flexibility index (Phi) is 4.09. The summed E-state index contributed by atoms with van der Waals surface area (Å²) >= 11 is 0. The number of hydrogen-bond donors (Lipinski definition) is 2. The fourth-order valence-corrected chi connectivity index (χ4v) is 1.92. The van der Waals surface area contributed by atoms with E-state index in [9.17, 15) is 4.79 Å². The monoisotopic (exact) mass is 274 g/mol. The molecule has 1 atom stereocenters. The molecule has 2 rings (SSSR count). The summed E-state index contributed by atoms with van der Waals surface area (Å²) in [6.45, 7) is 6.42. The van der Waals surface area contributed by atoms with Gasteiger partial charge >= 0.3 is 0 Å². The molecule has 0 aliphatic rings. The maximum absolute atomic E-state index is 11.9. The minimum atomic E-state index is -0.497. The third kappa shape index (κ3) is 3.36.